The second-order valence-electron chi connectivity index (χ2n) is 5.64. The third kappa shape index (κ3) is 5.69. The van der Waals surface area contributed by atoms with Crippen molar-refractivity contribution in [3.63, 3.8) is 0 Å². The Morgan fingerprint density at radius 1 is 1.35 bits per heavy atom. The van der Waals surface area contributed by atoms with Crippen molar-refractivity contribution in [1.29, 1.82) is 0 Å². The van der Waals surface area contributed by atoms with Gasteiger partial charge in [-0.05, 0) is 50.6 Å². The van der Waals surface area contributed by atoms with E-state index in [1.165, 1.54) is 0 Å². The highest BCUT2D eigenvalue weighted by atomic mass is 35.5. The van der Waals surface area contributed by atoms with Crippen LogP contribution in [0, 0.1) is 5.92 Å². The molecule has 1 fully saturated rings. The normalized spacial score (nSPS) is 20.0. The second kappa shape index (κ2) is 9.33. The SMILES string of the molecule is C=CCNC(=O)c1ccc(NC(=O)[C@H]2CCN[C@@H](C)C2)cc1.Cl. The van der Waals surface area contributed by atoms with E-state index < -0.39 is 0 Å². The molecule has 0 aliphatic carbocycles. The van der Waals surface area contributed by atoms with Crippen LogP contribution in [0.4, 0.5) is 5.69 Å². The lowest BCUT2D eigenvalue weighted by Crippen LogP contribution is -2.40. The van der Waals surface area contributed by atoms with E-state index in [0.29, 0.717) is 18.2 Å². The van der Waals surface area contributed by atoms with Gasteiger partial charge in [-0.1, -0.05) is 6.08 Å². The summed E-state index contributed by atoms with van der Waals surface area (Å²) in [5.41, 5.74) is 1.28. The molecule has 2 amide bonds. The van der Waals surface area contributed by atoms with Gasteiger partial charge in [0.25, 0.3) is 5.91 Å². The molecular formula is C17H24ClN3O2. The van der Waals surface area contributed by atoms with E-state index in [0.717, 1.165) is 25.1 Å². The zero-order valence-corrected chi connectivity index (χ0v) is 14.1. The van der Waals surface area contributed by atoms with Crippen LogP contribution in [0.5, 0.6) is 0 Å². The van der Waals surface area contributed by atoms with Crippen LogP contribution in [-0.4, -0.2) is 30.9 Å². The Bertz CT molecular complexity index is 545. The highest BCUT2D eigenvalue weighted by Gasteiger charge is 2.24. The molecule has 1 saturated heterocycles. The molecular weight excluding hydrogens is 314 g/mol. The molecule has 6 heteroatoms. The zero-order chi connectivity index (χ0) is 15.9. The van der Waals surface area contributed by atoms with Crippen LogP contribution in [0.2, 0.25) is 0 Å². The quantitative estimate of drug-likeness (QED) is 0.722. The molecule has 1 aliphatic heterocycles. The van der Waals surface area contributed by atoms with Crippen molar-refractivity contribution >= 4 is 29.9 Å². The van der Waals surface area contributed by atoms with Gasteiger partial charge in [-0.15, -0.1) is 19.0 Å². The van der Waals surface area contributed by atoms with Gasteiger partial charge in [0, 0.05) is 29.8 Å². The summed E-state index contributed by atoms with van der Waals surface area (Å²) in [6.45, 7) is 6.96. The molecule has 0 bridgehead atoms. The number of halogens is 1. The predicted octanol–water partition coefficient (Wildman–Crippen LogP) is 2.35. The van der Waals surface area contributed by atoms with Crippen molar-refractivity contribution in [3.8, 4) is 0 Å². The number of hydrogen-bond donors (Lipinski definition) is 3. The maximum Gasteiger partial charge on any atom is 0.251 e. The number of amides is 2. The first kappa shape index (κ1) is 19.2. The Morgan fingerprint density at radius 2 is 2.04 bits per heavy atom. The van der Waals surface area contributed by atoms with Crippen molar-refractivity contribution in [2.24, 2.45) is 5.92 Å². The van der Waals surface area contributed by atoms with Crippen molar-refractivity contribution < 1.29 is 9.59 Å². The first-order chi connectivity index (χ1) is 10.6. The summed E-state index contributed by atoms with van der Waals surface area (Å²) in [5, 5.41) is 8.98. The van der Waals surface area contributed by atoms with Gasteiger partial charge in [-0.2, -0.15) is 0 Å². The molecule has 0 aromatic heterocycles. The number of nitrogens with one attached hydrogen (secondary N) is 3. The number of benzene rings is 1. The number of piperidine rings is 1. The molecule has 126 valence electrons. The average Bonchev–Trinajstić information content (AvgIpc) is 2.53. The molecule has 0 spiro atoms. The second-order valence-corrected chi connectivity index (χ2v) is 5.64. The highest BCUT2D eigenvalue weighted by Crippen LogP contribution is 2.19. The van der Waals surface area contributed by atoms with Gasteiger partial charge in [0.05, 0.1) is 0 Å². The van der Waals surface area contributed by atoms with E-state index in [2.05, 4.69) is 29.5 Å². The number of anilines is 1. The first-order valence-electron chi connectivity index (χ1n) is 7.63. The van der Waals surface area contributed by atoms with E-state index in [1.54, 1.807) is 30.3 Å². The fraction of sp³-hybridized carbons (Fsp3) is 0.412. The Labute approximate surface area is 143 Å². The minimum absolute atomic E-state index is 0. The van der Waals surface area contributed by atoms with Crippen molar-refractivity contribution in [2.45, 2.75) is 25.8 Å². The Hall–Kier alpha value is -1.85. The molecule has 23 heavy (non-hydrogen) atoms. The number of hydrogen-bond acceptors (Lipinski definition) is 3. The van der Waals surface area contributed by atoms with Gasteiger partial charge in [0.1, 0.15) is 0 Å². The lowest BCUT2D eigenvalue weighted by atomic mass is 9.92. The molecule has 1 aromatic carbocycles. The summed E-state index contributed by atoms with van der Waals surface area (Å²) < 4.78 is 0. The minimum atomic E-state index is -0.148. The van der Waals surface area contributed by atoms with Crippen LogP contribution in [0.25, 0.3) is 0 Å². The average molecular weight is 338 g/mol. The topological polar surface area (TPSA) is 70.2 Å². The third-order valence-electron chi connectivity index (χ3n) is 3.82. The molecule has 1 aromatic rings. The van der Waals surface area contributed by atoms with Crippen LogP contribution in [0.1, 0.15) is 30.1 Å². The van der Waals surface area contributed by atoms with Gasteiger partial charge in [-0.25, -0.2) is 0 Å². The Kier molecular flexibility index (Phi) is 7.78. The number of carbonyl (C=O) groups excluding carboxylic acids is 2. The fourth-order valence-electron chi connectivity index (χ4n) is 2.59. The summed E-state index contributed by atoms with van der Waals surface area (Å²) in [5.74, 6) is -0.0472. The summed E-state index contributed by atoms with van der Waals surface area (Å²) in [7, 11) is 0. The van der Waals surface area contributed by atoms with Gasteiger partial charge in [-0.3, -0.25) is 9.59 Å². The minimum Gasteiger partial charge on any atom is -0.349 e. The van der Waals surface area contributed by atoms with E-state index in [9.17, 15) is 9.59 Å². The van der Waals surface area contributed by atoms with Crippen LogP contribution < -0.4 is 16.0 Å². The molecule has 5 nitrogen and oxygen atoms in total. The smallest absolute Gasteiger partial charge is 0.251 e. The fourth-order valence-corrected chi connectivity index (χ4v) is 2.59. The Balaban J connectivity index is 0.00000264. The zero-order valence-electron chi connectivity index (χ0n) is 13.3. The predicted molar refractivity (Wildman–Crippen MR) is 95.0 cm³/mol. The molecule has 0 radical (unpaired) electrons. The van der Waals surface area contributed by atoms with E-state index in [1.807, 2.05) is 0 Å². The van der Waals surface area contributed by atoms with Crippen LogP contribution >= 0.6 is 12.4 Å². The largest absolute Gasteiger partial charge is 0.349 e. The van der Waals surface area contributed by atoms with E-state index in [4.69, 9.17) is 0 Å². The molecule has 1 aliphatic rings. The van der Waals surface area contributed by atoms with Gasteiger partial charge < -0.3 is 16.0 Å². The number of rotatable bonds is 5. The molecule has 0 saturated carbocycles. The summed E-state index contributed by atoms with van der Waals surface area (Å²) >= 11 is 0. The maximum absolute atomic E-state index is 12.2. The summed E-state index contributed by atoms with van der Waals surface area (Å²) in [6, 6.07) is 7.30. The van der Waals surface area contributed by atoms with Crippen molar-refractivity contribution in [2.75, 3.05) is 18.4 Å². The standard InChI is InChI=1S/C17H23N3O2.ClH/c1-3-9-19-16(21)13-4-6-15(7-5-13)20-17(22)14-8-10-18-12(2)11-14;/h3-7,12,14,18H,1,8-11H2,2H3,(H,19,21)(H,20,22);1H/t12-,14-;/m0./s1. The lowest BCUT2D eigenvalue weighted by Gasteiger charge is -2.27. The molecule has 1 heterocycles. The van der Waals surface area contributed by atoms with Gasteiger partial charge in [0.15, 0.2) is 0 Å². The summed E-state index contributed by atoms with van der Waals surface area (Å²) in [4.78, 5) is 24.0. The monoisotopic (exact) mass is 337 g/mol. The maximum atomic E-state index is 12.2. The van der Waals surface area contributed by atoms with Gasteiger partial charge >= 0.3 is 0 Å². The van der Waals surface area contributed by atoms with E-state index in [-0.39, 0.29) is 30.1 Å². The van der Waals surface area contributed by atoms with E-state index >= 15 is 0 Å². The van der Waals surface area contributed by atoms with Gasteiger partial charge in [0.2, 0.25) is 5.91 Å². The number of carbonyl (C=O) groups is 2. The van der Waals surface area contributed by atoms with Crippen LogP contribution in [0.3, 0.4) is 0 Å². The highest BCUT2D eigenvalue weighted by molar-refractivity contribution is 5.96. The first-order valence-corrected chi connectivity index (χ1v) is 7.63. The van der Waals surface area contributed by atoms with Crippen molar-refractivity contribution in [3.05, 3.63) is 42.5 Å². The molecule has 2 atom stereocenters. The van der Waals surface area contributed by atoms with Crippen molar-refractivity contribution in [1.82, 2.24) is 10.6 Å². The lowest BCUT2D eigenvalue weighted by molar-refractivity contribution is -0.120. The third-order valence-corrected chi connectivity index (χ3v) is 3.82. The molecule has 0 unspecified atom stereocenters. The summed E-state index contributed by atoms with van der Waals surface area (Å²) in [6.07, 6.45) is 3.35. The molecule has 3 N–H and O–H groups in total. The molecule has 2 rings (SSSR count). The van der Waals surface area contributed by atoms with Crippen LogP contribution in [0.15, 0.2) is 36.9 Å². The van der Waals surface area contributed by atoms with Crippen LogP contribution in [-0.2, 0) is 4.79 Å². The Morgan fingerprint density at radius 3 is 2.65 bits per heavy atom.